The maximum Gasteiger partial charge on any atom is 0.134 e. The van der Waals surface area contributed by atoms with Gasteiger partial charge < -0.3 is 4.90 Å². The molecule has 1 aliphatic heterocycles. The number of rotatable bonds is 2. The van der Waals surface area contributed by atoms with Gasteiger partial charge in [0.05, 0.1) is 0 Å². The van der Waals surface area contributed by atoms with E-state index in [1.807, 2.05) is 0 Å². The predicted molar refractivity (Wildman–Crippen MR) is 50.1 cm³/mol. The Bertz CT molecular complexity index is 165. The Hall–Kier alpha value is -0.370. The summed E-state index contributed by atoms with van der Waals surface area (Å²) in [4.78, 5) is 13.5. The van der Waals surface area contributed by atoms with Gasteiger partial charge in [0.15, 0.2) is 0 Å². The van der Waals surface area contributed by atoms with E-state index in [0.29, 0.717) is 17.7 Å². The minimum atomic E-state index is 0.307. The maximum absolute atomic E-state index is 11.1. The second-order valence-electron chi connectivity index (χ2n) is 4.04. The highest BCUT2D eigenvalue weighted by Crippen LogP contribution is 2.18. The molecule has 12 heavy (non-hydrogen) atoms. The van der Waals surface area contributed by atoms with Crippen LogP contribution in [0.5, 0.6) is 0 Å². The van der Waals surface area contributed by atoms with Crippen molar-refractivity contribution in [1.82, 2.24) is 4.90 Å². The quantitative estimate of drug-likeness (QED) is 0.627. The van der Waals surface area contributed by atoms with Gasteiger partial charge in [-0.2, -0.15) is 0 Å². The molecular formula is C10H19NO. The SMILES string of the molecule is CC(=O)[C@@H]1CCCN(C(C)C)C1. The average Bonchev–Trinajstić information content (AvgIpc) is 2.04. The predicted octanol–water partition coefficient (Wildman–Crippen LogP) is 1.70. The standard InChI is InChI=1S/C10H19NO/c1-8(2)11-6-4-5-10(7-11)9(3)12/h8,10H,4-7H2,1-3H3/t10-/m1/s1. The molecule has 0 radical (unpaired) electrons. The van der Waals surface area contributed by atoms with Gasteiger partial charge in [0.2, 0.25) is 0 Å². The first kappa shape index (κ1) is 9.72. The van der Waals surface area contributed by atoms with Crippen LogP contribution in [0.25, 0.3) is 0 Å². The molecule has 1 rings (SSSR count). The van der Waals surface area contributed by atoms with E-state index in [-0.39, 0.29) is 0 Å². The number of Topliss-reactive ketones (excluding diaryl/α,β-unsaturated/α-hetero) is 1. The molecule has 1 saturated heterocycles. The number of carbonyl (C=O) groups is 1. The van der Waals surface area contributed by atoms with Crippen LogP contribution in [0.3, 0.4) is 0 Å². The summed E-state index contributed by atoms with van der Waals surface area (Å²) in [6, 6.07) is 0.590. The zero-order valence-electron chi connectivity index (χ0n) is 8.34. The van der Waals surface area contributed by atoms with Crippen LogP contribution in [0.2, 0.25) is 0 Å². The van der Waals surface area contributed by atoms with Crippen molar-refractivity contribution in [2.45, 2.75) is 39.7 Å². The summed E-state index contributed by atoms with van der Waals surface area (Å²) in [7, 11) is 0. The van der Waals surface area contributed by atoms with Gasteiger partial charge in [-0.3, -0.25) is 4.79 Å². The van der Waals surface area contributed by atoms with Crippen molar-refractivity contribution in [2.24, 2.45) is 5.92 Å². The van der Waals surface area contributed by atoms with E-state index >= 15 is 0 Å². The Morgan fingerprint density at radius 2 is 2.17 bits per heavy atom. The molecule has 1 atom stereocenters. The van der Waals surface area contributed by atoms with Gasteiger partial charge in [0.1, 0.15) is 5.78 Å². The van der Waals surface area contributed by atoms with Gasteiger partial charge in [0, 0.05) is 18.5 Å². The maximum atomic E-state index is 11.1. The lowest BCUT2D eigenvalue weighted by molar-refractivity contribution is -0.122. The average molecular weight is 169 g/mol. The molecule has 0 spiro atoms. The highest BCUT2D eigenvalue weighted by molar-refractivity contribution is 5.78. The van der Waals surface area contributed by atoms with Gasteiger partial charge in [-0.25, -0.2) is 0 Å². The molecular weight excluding hydrogens is 150 g/mol. The van der Waals surface area contributed by atoms with E-state index in [1.165, 1.54) is 13.0 Å². The van der Waals surface area contributed by atoms with Crippen molar-refractivity contribution in [1.29, 1.82) is 0 Å². The highest BCUT2D eigenvalue weighted by atomic mass is 16.1. The third-order valence-electron chi connectivity index (χ3n) is 2.76. The van der Waals surface area contributed by atoms with Gasteiger partial charge in [0.25, 0.3) is 0 Å². The van der Waals surface area contributed by atoms with E-state index in [1.54, 1.807) is 6.92 Å². The molecule has 0 aromatic heterocycles. The first-order valence-corrected chi connectivity index (χ1v) is 4.85. The first-order valence-electron chi connectivity index (χ1n) is 4.85. The second kappa shape index (κ2) is 4.04. The van der Waals surface area contributed by atoms with Crippen LogP contribution in [0.15, 0.2) is 0 Å². The van der Waals surface area contributed by atoms with Gasteiger partial charge in [-0.05, 0) is 40.2 Å². The molecule has 2 heteroatoms. The lowest BCUT2D eigenvalue weighted by Crippen LogP contribution is -2.41. The van der Waals surface area contributed by atoms with Crippen LogP contribution < -0.4 is 0 Å². The smallest absolute Gasteiger partial charge is 0.134 e. The van der Waals surface area contributed by atoms with Crippen molar-refractivity contribution in [3.8, 4) is 0 Å². The lowest BCUT2D eigenvalue weighted by Gasteiger charge is -2.34. The van der Waals surface area contributed by atoms with Gasteiger partial charge in [-0.1, -0.05) is 0 Å². The molecule has 0 saturated carbocycles. The van der Waals surface area contributed by atoms with Crippen molar-refractivity contribution in [3.05, 3.63) is 0 Å². The topological polar surface area (TPSA) is 20.3 Å². The van der Waals surface area contributed by atoms with Crippen molar-refractivity contribution >= 4 is 5.78 Å². The molecule has 0 aromatic carbocycles. The molecule has 1 fully saturated rings. The fraction of sp³-hybridized carbons (Fsp3) is 0.900. The summed E-state index contributed by atoms with van der Waals surface area (Å²) in [6.45, 7) is 8.26. The molecule has 1 heterocycles. The summed E-state index contributed by atoms with van der Waals surface area (Å²) in [6.07, 6.45) is 2.28. The number of piperidine rings is 1. The Balaban J connectivity index is 2.46. The summed E-state index contributed by atoms with van der Waals surface area (Å²) in [5.41, 5.74) is 0. The second-order valence-corrected chi connectivity index (χ2v) is 4.04. The number of nitrogens with zero attached hydrogens (tertiary/aromatic N) is 1. The van der Waals surface area contributed by atoms with Gasteiger partial charge >= 0.3 is 0 Å². The summed E-state index contributed by atoms with van der Waals surface area (Å²) >= 11 is 0. The molecule has 1 aliphatic rings. The number of hydrogen-bond acceptors (Lipinski definition) is 2. The van der Waals surface area contributed by atoms with E-state index < -0.39 is 0 Å². The number of hydrogen-bond donors (Lipinski definition) is 0. The van der Waals surface area contributed by atoms with Crippen LogP contribution in [-0.4, -0.2) is 29.8 Å². The van der Waals surface area contributed by atoms with E-state index in [4.69, 9.17) is 0 Å². The Morgan fingerprint density at radius 1 is 1.50 bits per heavy atom. The van der Waals surface area contributed by atoms with Crippen LogP contribution in [0, 0.1) is 5.92 Å². The molecule has 0 amide bonds. The lowest BCUT2D eigenvalue weighted by atomic mass is 9.94. The number of carbonyl (C=O) groups excluding carboxylic acids is 1. The third kappa shape index (κ3) is 2.31. The molecule has 2 nitrogen and oxygen atoms in total. The number of ketones is 1. The monoisotopic (exact) mass is 169 g/mol. The highest BCUT2D eigenvalue weighted by Gasteiger charge is 2.24. The Kier molecular flexibility index (Phi) is 3.27. The molecule has 0 N–H and O–H groups in total. The minimum absolute atomic E-state index is 0.307. The molecule has 0 aliphatic carbocycles. The Morgan fingerprint density at radius 3 is 2.67 bits per heavy atom. The number of likely N-dealkylation sites (tertiary alicyclic amines) is 1. The van der Waals surface area contributed by atoms with E-state index in [2.05, 4.69) is 18.7 Å². The largest absolute Gasteiger partial charge is 0.300 e. The Labute approximate surface area is 74.9 Å². The molecule has 0 unspecified atom stereocenters. The normalized spacial score (nSPS) is 26.2. The van der Waals surface area contributed by atoms with E-state index in [0.717, 1.165) is 13.0 Å². The first-order chi connectivity index (χ1) is 5.61. The van der Waals surface area contributed by atoms with Gasteiger partial charge in [-0.15, -0.1) is 0 Å². The zero-order valence-corrected chi connectivity index (χ0v) is 8.34. The summed E-state index contributed by atoms with van der Waals surface area (Å²) in [5, 5.41) is 0. The van der Waals surface area contributed by atoms with Crippen molar-refractivity contribution in [3.63, 3.8) is 0 Å². The third-order valence-corrected chi connectivity index (χ3v) is 2.76. The molecule has 0 bridgehead atoms. The van der Waals surface area contributed by atoms with E-state index in [9.17, 15) is 4.79 Å². The zero-order chi connectivity index (χ0) is 9.14. The van der Waals surface area contributed by atoms with Crippen molar-refractivity contribution in [2.75, 3.05) is 13.1 Å². The minimum Gasteiger partial charge on any atom is -0.300 e. The van der Waals surface area contributed by atoms with Crippen LogP contribution in [-0.2, 0) is 4.79 Å². The fourth-order valence-corrected chi connectivity index (χ4v) is 1.81. The van der Waals surface area contributed by atoms with Crippen molar-refractivity contribution < 1.29 is 4.79 Å². The van der Waals surface area contributed by atoms with Crippen LogP contribution in [0.1, 0.15) is 33.6 Å². The van der Waals surface area contributed by atoms with Crippen LogP contribution >= 0.6 is 0 Å². The van der Waals surface area contributed by atoms with Crippen LogP contribution in [0.4, 0.5) is 0 Å². The molecule has 0 aromatic rings. The molecule has 70 valence electrons. The fourth-order valence-electron chi connectivity index (χ4n) is 1.81. The summed E-state index contributed by atoms with van der Waals surface area (Å²) in [5.74, 6) is 0.668. The summed E-state index contributed by atoms with van der Waals surface area (Å²) < 4.78 is 0.